The zero-order valence-electron chi connectivity index (χ0n) is 11.6. The molecule has 1 atom stereocenters. The van der Waals surface area contributed by atoms with Gasteiger partial charge >= 0.3 is 11.7 Å². The van der Waals surface area contributed by atoms with Crippen LogP contribution in [0.4, 0.5) is 10.6 Å². The van der Waals surface area contributed by atoms with Gasteiger partial charge in [0.15, 0.2) is 0 Å². The van der Waals surface area contributed by atoms with Crippen LogP contribution >= 0.6 is 0 Å². The molecule has 1 aliphatic rings. The van der Waals surface area contributed by atoms with E-state index in [-0.39, 0.29) is 5.82 Å². The Morgan fingerprint density at radius 2 is 1.67 bits per heavy atom. The van der Waals surface area contributed by atoms with E-state index >= 15 is 0 Å². The van der Waals surface area contributed by atoms with Crippen molar-refractivity contribution in [2.24, 2.45) is 14.1 Å². The van der Waals surface area contributed by atoms with Gasteiger partial charge < -0.3 is 5.32 Å². The molecule has 2 aromatic rings. The van der Waals surface area contributed by atoms with Crippen LogP contribution in [0.3, 0.4) is 0 Å². The third-order valence-corrected chi connectivity index (χ3v) is 3.63. The molecule has 0 bridgehead atoms. The molecule has 1 unspecified atom stereocenters. The SMILES string of the molecule is Cn1c2c(c(=O)n(C)c1=O)C(c1ccccc1)NC(=O)N2. The van der Waals surface area contributed by atoms with Crippen LogP contribution in [-0.4, -0.2) is 15.2 Å². The van der Waals surface area contributed by atoms with Crippen molar-refractivity contribution < 1.29 is 4.79 Å². The summed E-state index contributed by atoms with van der Waals surface area (Å²) in [6.45, 7) is 0. The second kappa shape index (κ2) is 4.62. The summed E-state index contributed by atoms with van der Waals surface area (Å²) in [7, 11) is 2.94. The van der Waals surface area contributed by atoms with Crippen LogP contribution < -0.4 is 21.9 Å². The van der Waals surface area contributed by atoms with E-state index in [1.807, 2.05) is 30.3 Å². The quantitative estimate of drug-likeness (QED) is 0.791. The highest BCUT2D eigenvalue weighted by atomic mass is 16.2. The standard InChI is InChI=1S/C14H14N4O3/c1-17-11-9(12(19)18(2)14(17)21)10(15-13(20)16-11)8-6-4-3-5-7-8/h3-7,10H,1-2H3,(H2,15,16,20). The lowest BCUT2D eigenvalue weighted by Crippen LogP contribution is -2.49. The molecule has 7 nitrogen and oxygen atoms in total. The lowest BCUT2D eigenvalue weighted by Gasteiger charge is -2.28. The van der Waals surface area contributed by atoms with Gasteiger partial charge in [-0.25, -0.2) is 9.59 Å². The lowest BCUT2D eigenvalue weighted by atomic mass is 9.98. The molecule has 0 saturated heterocycles. The molecule has 2 heterocycles. The molecule has 0 fully saturated rings. The van der Waals surface area contributed by atoms with Gasteiger partial charge in [-0.3, -0.25) is 19.2 Å². The minimum absolute atomic E-state index is 0.237. The number of rotatable bonds is 1. The molecular weight excluding hydrogens is 272 g/mol. The predicted molar refractivity (Wildman–Crippen MR) is 77.4 cm³/mol. The molecular formula is C14H14N4O3. The Kier molecular flexibility index (Phi) is 2.90. The van der Waals surface area contributed by atoms with Crippen LogP contribution in [0, 0.1) is 0 Å². The molecule has 108 valence electrons. The molecule has 0 aliphatic carbocycles. The molecule has 1 aromatic carbocycles. The number of aromatic nitrogens is 2. The Balaban J connectivity index is 2.33. The molecule has 1 aliphatic heterocycles. The van der Waals surface area contributed by atoms with E-state index in [9.17, 15) is 14.4 Å². The fourth-order valence-electron chi connectivity index (χ4n) is 2.52. The average molecular weight is 286 g/mol. The van der Waals surface area contributed by atoms with E-state index in [0.29, 0.717) is 5.56 Å². The molecule has 0 saturated carbocycles. The summed E-state index contributed by atoms with van der Waals surface area (Å²) < 4.78 is 2.30. The summed E-state index contributed by atoms with van der Waals surface area (Å²) in [5.41, 5.74) is 0.233. The van der Waals surface area contributed by atoms with Gasteiger partial charge in [0, 0.05) is 14.1 Å². The predicted octanol–water partition coefficient (Wildman–Crippen LogP) is 0.308. The van der Waals surface area contributed by atoms with Gasteiger partial charge in [-0.15, -0.1) is 0 Å². The first-order chi connectivity index (χ1) is 10.0. The molecule has 3 rings (SSSR count). The summed E-state index contributed by atoms with van der Waals surface area (Å²) >= 11 is 0. The van der Waals surface area contributed by atoms with Crippen LogP contribution in [0.2, 0.25) is 0 Å². The van der Waals surface area contributed by atoms with Crippen molar-refractivity contribution in [3.05, 3.63) is 62.3 Å². The minimum atomic E-state index is -0.583. The topological polar surface area (TPSA) is 85.1 Å². The Bertz CT molecular complexity index is 836. The zero-order valence-corrected chi connectivity index (χ0v) is 11.6. The van der Waals surface area contributed by atoms with Crippen molar-refractivity contribution in [1.29, 1.82) is 0 Å². The monoisotopic (exact) mass is 286 g/mol. The van der Waals surface area contributed by atoms with E-state index < -0.39 is 23.3 Å². The molecule has 21 heavy (non-hydrogen) atoms. The number of nitrogens with one attached hydrogen (secondary N) is 2. The highest BCUT2D eigenvalue weighted by molar-refractivity contribution is 5.92. The van der Waals surface area contributed by atoms with Crippen LogP contribution in [0.25, 0.3) is 0 Å². The van der Waals surface area contributed by atoms with E-state index in [1.54, 1.807) is 0 Å². The minimum Gasteiger partial charge on any atom is -0.327 e. The summed E-state index contributed by atoms with van der Waals surface area (Å²) in [5.74, 6) is 0.237. The number of carbonyl (C=O) groups is 1. The molecule has 7 heteroatoms. The Hall–Kier alpha value is -2.83. The second-order valence-corrected chi connectivity index (χ2v) is 4.91. The van der Waals surface area contributed by atoms with Gasteiger partial charge in [-0.05, 0) is 5.56 Å². The van der Waals surface area contributed by atoms with Crippen LogP contribution in [0.15, 0.2) is 39.9 Å². The van der Waals surface area contributed by atoms with Gasteiger partial charge in [0.2, 0.25) is 0 Å². The number of benzene rings is 1. The van der Waals surface area contributed by atoms with Gasteiger partial charge in [0.25, 0.3) is 5.56 Å². The third kappa shape index (κ3) is 1.94. The summed E-state index contributed by atoms with van der Waals surface area (Å²) in [4.78, 5) is 36.2. The Morgan fingerprint density at radius 1 is 1.00 bits per heavy atom. The average Bonchev–Trinajstić information content (AvgIpc) is 2.51. The van der Waals surface area contributed by atoms with E-state index in [4.69, 9.17) is 0 Å². The number of nitrogens with zero attached hydrogens (tertiary/aromatic N) is 2. The van der Waals surface area contributed by atoms with Crippen molar-refractivity contribution in [3.8, 4) is 0 Å². The smallest absolute Gasteiger partial charge is 0.327 e. The maximum absolute atomic E-state index is 12.4. The lowest BCUT2D eigenvalue weighted by molar-refractivity contribution is 0.248. The first-order valence-electron chi connectivity index (χ1n) is 6.43. The van der Waals surface area contributed by atoms with Crippen LogP contribution in [0.5, 0.6) is 0 Å². The fraction of sp³-hybridized carbons (Fsp3) is 0.214. The molecule has 0 spiro atoms. The number of amides is 2. The zero-order chi connectivity index (χ0) is 15.1. The van der Waals surface area contributed by atoms with Crippen molar-refractivity contribution in [2.75, 3.05) is 5.32 Å². The van der Waals surface area contributed by atoms with Gasteiger partial charge in [-0.2, -0.15) is 0 Å². The van der Waals surface area contributed by atoms with Gasteiger partial charge in [-0.1, -0.05) is 30.3 Å². The van der Waals surface area contributed by atoms with E-state index in [2.05, 4.69) is 10.6 Å². The first kappa shape index (κ1) is 13.2. The van der Waals surface area contributed by atoms with Crippen LogP contribution in [-0.2, 0) is 14.1 Å². The van der Waals surface area contributed by atoms with E-state index in [1.165, 1.54) is 18.7 Å². The van der Waals surface area contributed by atoms with Crippen molar-refractivity contribution in [2.45, 2.75) is 6.04 Å². The summed E-state index contributed by atoms with van der Waals surface area (Å²) in [5, 5.41) is 5.26. The maximum Gasteiger partial charge on any atom is 0.332 e. The van der Waals surface area contributed by atoms with Crippen LogP contribution in [0.1, 0.15) is 17.2 Å². The van der Waals surface area contributed by atoms with Crippen molar-refractivity contribution in [3.63, 3.8) is 0 Å². The first-order valence-corrected chi connectivity index (χ1v) is 6.43. The van der Waals surface area contributed by atoms with Gasteiger partial charge in [0.05, 0.1) is 11.6 Å². The second-order valence-electron chi connectivity index (χ2n) is 4.91. The third-order valence-electron chi connectivity index (χ3n) is 3.63. The Labute approximate surface area is 119 Å². The molecule has 1 aromatic heterocycles. The number of urea groups is 1. The summed E-state index contributed by atoms with van der Waals surface area (Å²) in [6.07, 6.45) is 0. The number of fused-ring (bicyclic) bond motifs is 1. The fourth-order valence-corrected chi connectivity index (χ4v) is 2.52. The Morgan fingerprint density at radius 3 is 2.33 bits per heavy atom. The number of hydrogen-bond acceptors (Lipinski definition) is 3. The van der Waals surface area contributed by atoms with Crippen molar-refractivity contribution in [1.82, 2.24) is 14.5 Å². The highest BCUT2D eigenvalue weighted by Crippen LogP contribution is 2.27. The van der Waals surface area contributed by atoms with E-state index in [0.717, 1.165) is 10.1 Å². The molecule has 2 amide bonds. The number of carbonyl (C=O) groups excluding carboxylic acids is 1. The molecule has 2 N–H and O–H groups in total. The van der Waals surface area contributed by atoms with Crippen molar-refractivity contribution >= 4 is 11.8 Å². The normalized spacial score (nSPS) is 16.9. The maximum atomic E-state index is 12.4. The summed E-state index contributed by atoms with van der Waals surface area (Å²) in [6, 6.07) is 8.13. The molecule has 0 radical (unpaired) electrons. The largest absolute Gasteiger partial charge is 0.332 e. The van der Waals surface area contributed by atoms with Gasteiger partial charge in [0.1, 0.15) is 5.82 Å². The number of anilines is 1. The number of hydrogen-bond donors (Lipinski definition) is 2. The highest BCUT2D eigenvalue weighted by Gasteiger charge is 2.31.